The Balaban J connectivity index is 1.27. The predicted molar refractivity (Wildman–Crippen MR) is 144 cm³/mol. The lowest BCUT2D eigenvalue weighted by molar-refractivity contribution is -0.118. The largest absolute Gasteiger partial charge is 0.482 e. The topological polar surface area (TPSA) is 94.5 Å². The van der Waals surface area contributed by atoms with Crippen molar-refractivity contribution in [3.63, 3.8) is 0 Å². The number of carbonyl (C=O) groups excluding carboxylic acids is 1. The first-order chi connectivity index (χ1) is 17.3. The van der Waals surface area contributed by atoms with E-state index in [1.807, 2.05) is 44.2 Å². The van der Waals surface area contributed by atoms with Crippen LogP contribution in [0.15, 0.2) is 67.7 Å². The van der Waals surface area contributed by atoms with Crippen LogP contribution in [0.3, 0.4) is 0 Å². The molecule has 2 heterocycles. The molecule has 0 saturated heterocycles. The van der Waals surface area contributed by atoms with E-state index >= 15 is 0 Å². The number of carbonyl (C=O) groups is 1. The monoisotopic (exact) mass is 607 g/mol. The zero-order chi connectivity index (χ0) is 25.7. The molecule has 4 rings (SSSR count). The third kappa shape index (κ3) is 6.70. The highest BCUT2D eigenvalue weighted by Gasteiger charge is 2.12. The number of thioether (sulfide) groups is 1. The number of nitrogens with zero attached hydrogens (tertiary/aromatic N) is 4. The first-order valence-electron chi connectivity index (χ1n) is 10.6. The highest BCUT2D eigenvalue weighted by Crippen LogP contribution is 2.28. The minimum atomic E-state index is -0.304. The normalized spacial score (nSPS) is 11.2. The van der Waals surface area contributed by atoms with Gasteiger partial charge in [-0.05, 0) is 62.4 Å². The molecule has 1 amide bonds. The molecule has 0 radical (unpaired) electrons. The Morgan fingerprint density at radius 1 is 1.19 bits per heavy atom. The number of nitrogens with one attached hydrogen (secondary N) is 1. The van der Waals surface area contributed by atoms with Gasteiger partial charge in [-0.2, -0.15) is 5.10 Å². The van der Waals surface area contributed by atoms with Gasteiger partial charge in [0.25, 0.3) is 17.0 Å². The van der Waals surface area contributed by atoms with Crippen LogP contribution in [-0.4, -0.2) is 32.6 Å². The van der Waals surface area contributed by atoms with Crippen molar-refractivity contribution < 1.29 is 13.9 Å². The van der Waals surface area contributed by atoms with Crippen LogP contribution in [0.2, 0.25) is 10.0 Å². The van der Waals surface area contributed by atoms with Gasteiger partial charge in [0, 0.05) is 32.1 Å². The molecule has 12 heteroatoms. The Hall–Kier alpha value is -2.79. The third-order valence-corrected chi connectivity index (χ3v) is 6.85. The summed E-state index contributed by atoms with van der Waals surface area (Å²) >= 11 is 16.5. The van der Waals surface area contributed by atoms with Gasteiger partial charge < -0.3 is 13.7 Å². The SMILES string of the molecule is Cc1cc(/C=N\NC(=O)CSc2nnc(COc3ccc(Cl)cc3Cl)o2)c(C)n1-c1ccc(Br)cc1. The summed E-state index contributed by atoms with van der Waals surface area (Å²) in [6.45, 7) is 4.06. The van der Waals surface area contributed by atoms with Crippen LogP contribution >= 0.6 is 50.9 Å². The van der Waals surface area contributed by atoms with E-state index in [9.17, 15) is 4.79 Å². The molecule has 0 aliphatic rings. The maximum atomic E-state index is 12.2. The van der Waals surface area contributed by atoms with Crippen molar-refractivity contribution in [2.24, 2.45) is 5.10 Å². The van der Waals surface area contributed by atoms with Crippen molar-refractivity contribution in [2.75, 3.05) is 5.75 Å². The molecule has 1 N–H and O–H groups in total. The van der Waals surface area contributed by atoms with Gasteiger partial charge in [-0.15, -0.1) is 10.2 Å². The molecule has 186 valence electrons. The number of hydrogen-bond acceptors (Lipinski definition) is 7. The summed E-state index contributed by atoms with van der Waals surface area (Å²) in [5.41, 5.74) is 6.56. The van der Waals surface area contributed by atoms with Gasteiger partial charge in [0.05, 0.1) is 17.0 Å². The number of halogens is 3. The Labute approximate surface area is 230 Å². The Morgan fingerprint density at radius 2 is 1.97 bits per heavy atom. The average Bonchev–Trinajstić information content (AvgIpc) is 3.41. The second-order valence-corrected chi connectivity index (χ2v) is 10.2. The molecule has 4 aromatic rings. The maximum Gasteiger partial charge on any atom is 0.277 e. The van der Waals surface area contributed by atoms with Crippen LogP contribution < -0.4 is 10.2 Å². The van der Waals surface area contributed by atoms with E-state index in [0.29, 0.717) is 15.8 Å². The Bertz CT molecular complexity index is 1410. The molecule has 2 aromatic heterocycles. The van der Waals surface area contributed by atoms with E-state index in [0.717, 1.165) is 38.9 Å². The molecule has 0 unspecified atom stereocenters. The number of aromatic nitrogens is 3. The number of amides is 1. The second kappa shape index (κ2) is 12.0. The standard InChI is InChI=1S/C24H20BrCl2N5O3S/c1-14-9-16(15(2)32(14)19-6-3-17(25)4-7-19)11-28-29-22(33)13-36-24-31-30-23(35-24)12-34-21-8-5-18(26)10-20(21)27/h3-11H,12-13H2,1-2H3,(H,29,33)/b28-11-. The first-order valence-corrected chi connectivity index (χ1v) is 13.1. The zero-order valence-corrected chi connectivity index (χ0v) is 23.1. The fourth-order valence-corrected chi connectivity index (χ4v) is 4.63. The molecular formula is C24H20BrCl2N5O3S. The van der Waals surface area contributed by atoms with Gasteiger partial charge in [0.1, 0.15) is 5.75 Å². The lowest BCUT2D eigenvalue weighted by atomic mass is 10.2. The van der Waals surface area contributed by atoms with Gasteiger partial charge in [-0.25, -0.2) is 5.43 Å². The van der Waals surface area contributed by atoms with Gasteiger partial charge >= 0.3 is 0 Å². The highest BCUT2D eigenvalue weighted by molar-refractivity contribution is 9.10. The van der Waals surface area contributed by atoms with Crippen molar-refractivity contribution >= 4 is 63.0 Å². The quantitative estimate of drug-likeness (QED) is 0.135. The highest BCUT2D eigenvalue weighted by atomic mass is 79.9. The fraction of sp³-hybridized carbons (Fsp3) is 0.167. The number of rotatable bonds is 9. The molecule has 0 atom stereocenters. The number of benzene rings is 2. The lowest BCUT2D eigenvalue weighted by Gasteiger charge is -2.09. The lowest BCUT2D eigenvalue weighted by Crippen LogP contribution is -2.19. The molecule has 0 aliphatic heterocycles. The van der Waals surface area contributed by atoms with Crippen LogP contribution in [0.1, 0.15) is 22.8 Å². The van der Waals surface area contributed by atoms with E-state index in [-0.39, 0.29) is 29.4 Å². The maximum absolute atomic E-state index is 12.2. The molecule has 2 aromatic carbocycles. The van der Waals surface area contributed by atoms with E-state index in [4.69, 9.17) is 32.4 Å². The Morgan fingerprint density at radius 3 is 2.72 bits per heavy atom. The van der Waals surface area contributed by atoms with E-state index in [1.165, 1.54) is 0 Å². The molecule has 0 spiro atoms. The molecular weight excluding hydrogens is 589 g/mol. The fourth-order valence-electron chi connectivity index (χ4n) is 3.33. The summed E-state index contributed by atoms with van der Waals surface area (Å²) in [4.78, 5) is 12.2. The average molecular weight is 609 g/mol. The van der Waals surface area contributed by atoms with Crippen molar-refractivity contribution in [1.82, 2.24) is 20.2 Å². The third-order valence-electron chi connectivity index (χ3n) is 4.97. The summed E-state index contributed by atoms with van der Waals surface area (Å²) in [7, 11) is 0. The van der Waals surface area contributed by atoms with Crippen LogP contribution in [0.5, 0.6) is 5.75 Å². The van der Waals surface area contributed by atoms with Crippen LogP contribution in [0.25, 0.3) is 5.69 Å². The van der Waals surface area contributed by atoms with E-state index in [1.54, 1.807) is 24.4 Å². The molecule has 0 aliphatic carbocycles. The summed E-state index contributed by atoms with van der Waals surface area (Å²) in [6.07, 6.45) is 1.63. The molecule has 36 heavy (non-hydrogen) atoms. The number of aryl methyl sites for hydroxylation is 1. The summed E-state index contributed by atoms with van der Waals surface area (Å²) in [6, 6.07) is 15.0. The van der Waals surface area contributed by atoms with Crippen LogP contribution in [-0.2, 0) is 11.4 Å². The van der Waals surface area contributed by atoms with Crippen molar-refractivity contribution in [2.45, 2.75) is 25.7 Å². The van der Waals surface area contributed by atoms with Crippen molar-refractivity contribution in [3.05, 3.63) is 85.9 Å². The molecule has 8 nitrogen and oxygen atoms in total. The van der Waals surface area contributed by atoms with E-state index < -0.39 is 0 Å². The molecule has 0 bridgehead atoms. The molecule has 0 saturated carbocycles. The first kappa shape index (κ1) is 26.3. The number of ether oxygens (including phenoxy) is 1. The predicted octanol–water partition coefficient (Wildman–Crippen LogP) is 6.37. The van der Waals surface area contributed by atoms with Crippen LogP contribution in [0, 0.1) is 13.8 Å². The van der Waals surface area contributed by atoms with Crippen molar-refractivity contribution in [3.8, 4) is 11.4 Å². The van der Waals surface area contributed by atoms with Crippen molar-refractivity contribution in [1.29, 1.82) is 0 Å². The smallest absolute Gasteiger partial charge is 0.277 e. The number of hydrogen-bond donors (Lipinski definition) is 1. The van der Waals surface area contributed by atoms with Gasteiger partial charge in [-0.1, -0.05) is 50.9 Å². The van der Waals surface area contributed by atoms with Gasteiger partial charge in [0.15, 0.2) is 6.61 Å². The zero-order valence-electron chi connectivity index (χ0n) is 19.2. The van der Waals surface area contributed by atoms with Crippen LogP contribution in [0.4, 0.5) is 0 Å². The second-order valence-electron chi connectivity index (χ2n) is 7.55. The summed E-state index contributed by atoms with van der Waals surface area (Å²) < 4.78 is 14.2. The Kier molecular flexibility index (Phi) is 8.73. The molecule has 0 fully saturated rings. The number of hydrazone groups is 1. The van der Waals surface area contributed by atoms with Gasteiger partial charge in [0.2, 0.25) is 0 Å². The minimum Gasteiger partial charge on any atom is -0.482 e. The summed E-state index contributed by atoms with van der Waals surface area (Å²) in [5.74, 6) is 0.453. The minimum absolute atomic E-state index is 0.0318. The van der Waals surface area contributed by atoms with E-state index in [2.05, 4.69) is 41.2 Å². The summed E-state index contributed by atoms with van der Waals surface area (Å²) in [5, 5.41) is 13.0. The van der Waals surface area contributed by atoms with Gasteiger partial charge in [-0.3, -0.25) is 4.79 Å².